The first-order valence-electron chi connectivity index (χ1n) is 8.33. The number of amides is 4. The van der Waals surface area contributed by atoms with Crippen molar-refractivity contribution in [2.75, 3.05) is 13.1 Å². The first-order chi connectivity index (χ1) is 10.9. The Bertz CT molecular complexity index is 490. The van der Waals surface area contributed by atoms with E-state index in [0.29, 0.717) is 0 Å². The molecule has 0 bridgehead atoms. The van der Waals surface area contributed by atoms with Crippen LogP contribution in [0.5, 0.6) is 0 Å². The van der Waals surface area contributed by atoms with Crippen molar-refractivity contribution in [3.05, 3.63) is 0 Å². The third kappa shape index (κ3) is 4.30. The predicted molar refractivity (Wildman–Crippen MR) is 83.2 cm³/mol. The van der Waals surface area contributed by atoms with E-state index >= 15 is 0 Å². The van der Waals surface area contributed by atoms with E-state index in [1.54, 1.807) is 6.92 Å². The maximum atomic E-state index is 12.4. The van der Waals surface area contributed by atoms with Gasteiger partial charge >= 0.3 is 0 Å². The summed E-state index contributed by atoms with van der Waals surface area (Å²) in [4.78, 5) is 50.3. The van der Waals surface area contributed by atoms with Gasteiger partial charge in [-0.2, -0.15) is 0 Å². The number of nitrogens with zero attached hydrogens (tertiary/aromatic N) is 2. The highest BCUT2D eigenvalue weighted by Gasteiger charge is 2.30. The second-order valence-corrected chi connectivity index (χ2v) is 6.35. The fourth-order valence-electron chi connectivity index (χ4n) is 3.14. The Kier molecular flexibility index (Phi) is 5.74. The van der Waals surface area contributed by atoms with Crippen molar-refractivity contribution in [3.63, 3.8) is 0 Å². The molecule has 2 atom stereocenters. The van der Waals surface area contributed by atoms with Gasteiger partial charge in [0, 0.05) is 38.4 Å². The molecular weight excluding hydrogens is 298 g/mol. The first kappa shape index (κ1) is 17.4. The Hall–Kier alpha value is -1.92. The highest BCUT2D eigenvalue weighted by Crippen LogP contribution is 2.17. The van der Waals surface area contributed by atoms with Crippen LogP contribution >= 0.6 is 0 Å². The molecule has 2 fully saturated rings. The summed E-state index contributed by atoms with van der Waals surface area (Å²) >= 11 is 0. The van der Waals surface area contributed by atoms with Crippen LogP contribution in [0.3, 0.4) is 0 Å². The van der Waals surface area contributed by atoms with E-state index in [0.717, 1.165) is 30.7 Å². The van der Waals surface area contributed by atoms with E-state index in [2.05, 4.69) is 5.32 Å². The second kappa shape index (κ2) is 7.57. The third-order valence-corrected chi connectivity index (χ3v) is 4.55. The van der Waals surface area contributed by atoms with E-state index in [-0.39, 0.29) is 55.5 Å². The van der Waals surface area contributed by atoms with Gasteiger partial charge in [-0.25, -0.2) is 0 Å². The molecule has 0 aliphatic carbocycles. The maximum absolute atomic E-state index is 12.4. The summed E-state index contributed by atoms with van der Waals surface area (Å²) in [5, 5.41) is 2.67. The van der Waals surface area contributed by atoms with Crippen molar-refractivity contribution in [2.24, 2.45) is 0 Å². The lowest BCUT2D eigenvalue weighted by Crippen LogP contribution is -2.51. The lowest BCUT2D eigenvalue weighted by Gasteiger charge is -2.35. The molecule has 0 unspecified atom stereocenters. The summed E-state index contributed by atoms with van der Waals surface area (Å²) in [6.07, 6.45) is 3.60. The molecule has 7 nitrogen and oxygen atoms in total. The molecule has 2 aliphatic heterocycles. The molecule has 2 heterocycles. The van der Waals surface area contributed by atoms with E-state index in [1.165, 1.54) is 0 Å². The fraction of sp³-hybridized carbons (Fsp3) is 0.750. The zero-order chi connectivity index (χ0) is 17.0. The highest BCUT2D eigenvalue weighted by molar-refractivity contribution is 6.02. The van der Waals surface area contributed by atoms with Crippen LogP contribution in [-0.4, -0.2) is 58.6 Å². The number of hydrogen-bond acceptors (Lipinski definition) is 4. The molecule has 1 N–H and O–H groups in total. The number of nitrogens with one attached hydrogen (secondary N) is 1. The molecular formula is C16H25N3O4. The van der Waals surface area contributed by atoms with Gasteiger partial charge in [0.2, 0.25) is 23.6 Å². The Balaban J connectivity index is 1.78. The van der Waals surface area contributed by atoms with E-state index in [4.69, 9.17) is 0 Å². The lowest BCUT2D eigenvalue weighted by atomic mass is 10.0. The summed E-state index contributed by atoms with van der Waals surface area (Å²) in [7, 11) is 0. The van der Waals surface area contributed by atoms with E-state index < -0.39 is 6.04 Å². The second-order valence-electron chi connectivity index (χ2n) is 6.35. The van der Waals surface area contributed by atoms with Crippen LogP contribution in [0.4, 0.5) is 0 Å². The largest absolute Gasteiger partial charge is 0.345 e. The number of hydrogen-bond donors (Lipinski definition) is 1. The minimum absolute atomic E-state index is 0.0324. The standard InChI is InChI=1S/C16H25N3O4/c1-11-5-3-4-9-18(11)16(23)12(2)17-13(20)8-10-19-14(21)6-7-15(19)22/h11-12H,3-10H2,1-2H3,(H,17,20)/t11-,12+/m0/s1. The van der Waals surface area contributed by atoms with Gasteiger partial charge < -0.3 is 10.2 Å². The third-order valence-electron chi connectivity index (χ3n) is 4.55. The number of imide groups is 1. The minimum Gasteiger partial charge on any atom is -0.345 e. The number of rotatable bonds is 5. The van der Waals surface area contributed by atoms with E-state index in [9.17, 15) is 19.2 Å². The van der Waals surface area contributed by atoms with Crippen molar-refractivity contribution in [3.8, 4) is 0 Å². The van der Waals surface area contributed by atoms with Gasteiger partial charge in [-0.1, -0.05) is 0 Å². The summed E-state index contributed by atoms with van der Waals surface area (Å²) in [5.74, 6) is -0.843. The maximum Gasteiger partial charge on any atom is 0.245 e. The summed E-state index contributed by atoms with van der Waals surface area (Å²) in [6.45, 7) is 4.52. The van der Waals surface area contributed by atoms with Crippen LogP contribution in [-0.2, 0) is 19.2 Å². The van der Waals surface area contributed by atoms with Crippen molar-refractivity contribution >= 4 is 23.6 Å². The van der Waals surface area contributed by atoms with Crippen molar-refractivity contribution in [2.45, 2.75) is 64.5 Å². The topological polar surface area (TPSA) is 86.8 Å². The van der Waals surface area contributed by atoms with Gasteiger partial charge in [-0.3, -0.25) is 24.1 Å². The Morgan fingerprint density at radius 1 is 1.22 bits per heavy atom. The SMILES string of the molecule is C[C@@H](NC(=O)CCN1C(=O)CCC1=O)C(=O)N1CCCC[C@@H]1C. The van der Waals surface area contributed by atoms with Gasteiger partial charge in [-0.15, -0.1) is 0 Å². The first-order valence-corrected chi connectivity index (χ1v) is 8.33. The fourth-order valence-corrected chi connectivity index (χ4v) is 3.14. The molecule has 0 radical (unpaired) electrons. The predicted octanol–water partition coefficient (Wildman–Crippen LogP) is 0.431. The normalized spacial score (nSPS) is 23.1. The van der Waals surface area contributed by atoms with E-state index in [1.807, 2.05) is 11.8 Å². The van der Waals surface area contributed by atoms with Gasteiger partial charge in [0.1, 0.15) is 6.04 Å². The number of likely N-dealkylation sites (tertiary alicyclic amines) is 2. The number of carbonyl (C=O) groups is 4. The molecule has 2 rings (SSSR count). The number of carbonyl (C=O) groups excluding carboxylic acids is 4. The molecule has 0 spiro atoms. The van der Waals surface area contributed by atoms with Gasteiger partial charge in [-0.05, 0) is 33.1 Å². The van der Waals surface area contributed by atoms with Crippen LogP contribution < -0.4 is 5.32 Å². The summed E-state index contributed by atoms with van der Waals surface area (Å²) in [6, 6.07) is -0.386. The van der Waals surface area contributed by atoms with Crippen LogP contribution in [0.15, 0.2) is 0 Å². The van der Waals surface area contributed by atoms with Crippen molar-refractivity contribution < 1.29 is 19.2 Å². The molecule has 0 saturated carbocycles. The Labute approximate surface area is 136 Å². The van der Waals surface area contributed by atoms with Crippen LogP contribution in [0.1, 0.15) is 52.4 Å². The quantitative estimate of drug-likeness (QED) is 0.743. The average Bonchev–Trinajstić information content (AvgIpc) is 2.83. The van der Waals surface area contributed by atoms with Crippen molar-refractivity contribution in [1.82, 2.24) is 15.1 Å². The summed E-state index contributed by atoms with van der Waals surface area (Å²) in [5.41, 5.74) is 0. The highest BCUT2D eigenvalue weighted by atomic mass is 16.2. The zero-order valence-corrected chi connectivity index (χ0v) is 13.8. The monoisotopic (exact) mass is 323 g/mol. The van der Waals surface area contributed by atoms with Crippen LogP contribution in [0.25, 0.3) is 0 Å². The molecule has 0 aromatic carbocycles. The van der Waals surface area contributed by atoms with Gasteiger partial charge in [0.25, 0.3) is 0 Å². The minimum atomic E-state index is -0.590. The lowest BCUT2D eigenvalue weighted by molar-refractivity contribution is -0.141. The van der Waals surface area contributed by atoms with Crippen LogP contribution in [0.2, 0.25) is 0 Å². The molecule has 7 heteroatoms. The van der Waals surface area contributed by atoms with Crippen LogP contribution in [0, 0.1) is 0 Å². The molecule has 2 saturated heterocycles. The molecule has 0 aromatic heterocycles. The molecule has 23 heavy (non-hydrogen) atoms. The Morgan fingerprint density at radius 2 is 1.87 bits per heavy atom. The smallest absolute Gasteiger partial charge is 0.245 e. The van der Waals surface area contributed by atoms with Gasteiger partial charge in [0.15, 0.2) is 0 Å². The average molecular weight is 323 g/mol. The zero-order valence-electron chi connectivity index (χ0n) is 13.8. The molecule has 2 aliphatic rings. The van der Waals surface area contributed by atoms with Gasteiger partial charge in [0.05, 0.1) is 0 Å². The molecule has 128 valence electrons. The number of piperidine rings is 1. The summed E-state index contributed by atoms with van der Waals surface area (Å²) < 4.78 is 0. The Morgan fingerprint density at radius 3 is 2.48 bits per heavy atom. The molecule has 0 aromatic rings. The van der Waals surface area contributed by atoms with Crippen molar-refractivity contribution in [1.29, 1.82) is 0 Å². The molecule has 4 amide bonds.